The average molecular weight is 433 g/mol. The van der Waals surface area contributed by atoms with Gasteiger partial charge in [0.2, 0.25) is 5.91 Å². The van der Waals surface area contributed by atoms with Gasteiger partial charge >= 0.3 is 0 Å². The number of nitro groups is 1. The standard InChI is InChI=1S/C23H16FN3O5/c24-14-10-12-15(13-11-14)25-22(28)19-20(17-8-4-5-9-18(17)27(30)31)26(32-21(19)23(25)29)16-6-2-1-3-7-16/h1-13,19-21H/t19-,20+,21+/m1/s1. The number of hydrogen-bond donors (Lipinski definition) is 0. The second-order valence-corrected chi connectivity index (χ2v) is 7.46. The molecule has 0 saturated carbocycles. The van der Waals surface area contributed by atoms with Gasteiger partial charge in [-0.3, -0.25) is 24.5 Å². The Morgan fingerprint density at radius 2 is 1.50 bits per heavy atom. The Kier molecular flexibility index (Phi) is 4.67. The van der Waals surface area contributed by atoms with Gasteiger partial charge in [0.25, 0.3) is 11.6 Å². The summed E-state index contributed by atoms with van der Waals surface area (Å²) in [6.45, 7) is 0. The van der Waals surface area contributed by atoms with Crippen LogP contribution >= 0.6 is 0 Å². The molecule has 2 aliphatic rings. The van der Waals surface area contributed by atoms with Crippen molar-refractivity contribution < 1.29 is 23.7 Å². The largest absolute Gasteiger partial charge is 0.274 e. The molecule has 2 aliphatic heterocycles. The van der Waals surface area contributed by atoms with Crippen molar-refractivity contribution >= 4 is 28.9 Å². The number of imide groups is 1. The minimum atomic E-state index is -1.17. The number of carbonyl (C=O) groups is 2. The minimum absolute atomic E-state index is 0.178. The molecule has 3 aromatic rings. The van der Waals surface area contributed by atoms with Crippen LogP contribution in [0.1, 0.15) is 11.6 Å². The third-order valence-electron chi connectivity index (χ3n) is 5.66. The first-order chi connectivity index (χ1) is 15.5. The van der Waals surface area contributed by atoms with E-state index < -0.39 is 40.6 Å². The second-order valence-electron chi connectivity index (χ2n) is 7.46. The maximum Gasteiger partial charge on any atom is 0.274 e. The molecule has 2 amide bonds. The zero-order valence-corrected chi connectivity index (χ0v) is 16.5. The highest BCUT2D eigenvalue weighted by atomic mass is 19.1. The Hall–Kier alpha value is -4.11. The van der Waals surface area contributed by atoms with Gasteiger partial charge in [0.05, 0.1) is 21.9 Å². The van der Waals surface area contributed by atoms with Crippen molar-refractivity contribution in [3.05, 3.63) is 100 Å². The van der Waals surface area contributed by atoms with E-state index >= 15 is 0 Å². The number of halogens is 1. The number of amides is 2. The molecule has 2 saturated heterocycles. The quantitative estimate of drug-likeness (QED) is 0.353. The maximum absolute atomic E-state index is 13.5. The second kappa shape index (κ2) is 7.54. The predicted molar refractivity (Wildman–Crippen MR) is 112 cm³/mol. The summed E-state index contributed by atoms with van der Waals surface area (Å²) in [6, 6.07) is 18.9. The van der Waals surface area contributed by atoms with E-state index in [2.05, 4.69) is 0 Å². The fraction of sp³-hybridized carbons (Fsp3) is 0.130. The summed E-state index contributed by atoms with van der Waals surface area (Å²) < 4.78 is 13.4. The molecular formula is C23H16FN3O5. The smallest absolute Gasteiger partial charge is 0.273 e. The zero-order chi connectivity index (χ0) is 22.4. The molecule has 0 unspecified atom stereocenters. The number of nitrogens with zero attached hydrogens (tertiary/aromatic N) is 3. The lowest BCUT2D eigenvalue weighted by Gasteiger charge is -2.28. The molecule has 32 heavy (non-hydrogen) atoms. The lowest BCUT2D eigenvalue weighted by Crippen LogP contribution is -2.37. The molecule has 160 valence electrons. The number of nitro benzene ring substituents is 1. The zero-order valence-electron chi connectivity index (χ0n) is 16.5. The number of hydroxylamine groups is 1. The van der Waals surface area contributed by atoms with Gasteiger partial charge < -0.3 is 0 Å². The van der Waals surface area contributed by atoms with Crippen LogP contribution in [-0.4, -0.2) is 22.8 Å². The van der Waals surface area contributed by atoms with Crippen LogP contribution in [-0.2, 0) is 14.4 Å². The van der Waals surface area contributed by atoms with Crippen molar-refractivity contribution in [3.8, 4) is 0 Å². The molecule has 0 bridgehead atoms. The normalized spacial score (nSPS) is 22.3. The highest BCUT2D eigenvalue weighted by molar-refractivity contribution is 6.23. The van der Waals surface area contributed by atoms with E-state index in [-0.39, 0.29) is 16.9 Å². The van der Waals surface area contributed by atoms with Crippen molar-refractivity contribution in [2.24, 2.45) is 5.92 Å². The number of hydrogen-bond acceptors (Lipinski definition) is 6. The minimum Gasteiger partial charge on any atom is -0.273 e. The highest BCUT2D eigenvalue weighted by Gasteiger charge is 2.61. The molecule has 5 rings (SSSR count). The maximum atomic E-state index is 13.5. The number of benzene rings is 3. The van der Waals surface area contributed by atoms with Crippen LogP contribution in [0.3, 0.4) is 0 Å². The van der Waals surface area contributed by atoms with Crippen molar-refractivity contribution in [3.63, 3.8) is 0 Å². The predicted octanol–water partition coefficient (Wildman–Crippen LogP) is 3.79. The molecule has 9 heteroatoms. The van der Waals surface area contributed by atoms with Crippen molar-refractivity contribution in [1.82, 2.24) is 0 Å². The topological polar surface area (TPSA) is 93.0 Å². The van der Waals surface area contributed by atoms with Gasteiger partial charge in [-0.2, -0.15) is 0 Å². The number of carbonyl (C=O) groups excluding carboxylic acids is 2. The van der Waals surface area contributed by atoms with Crippen LogP contribution in [0.2, 0.25) is 0 Å². The molecule has 0 aromatic heterocycles. The van der Waals surface area contributed by atoms with E-state index in [9.17, 15) is 24.1 Å². The Morgan fingerprint density at radius 1 is 0.844 bits per heavy atom. The van der Waals surface area contributed by atoms with Gasteiger partial charge in [-0.1, -0.05) is 30.3 Å². The Balaban J connectivity index is 1.63. The lowest BCUT2D eigenvalue weighted by atomic mass is 9.89. The van der Waals surface area contributed by atoms with Gasteiger partial charge in [0.1, 0.15) is 17.8 Å². The first-order valence-corrected chi connectivity index (χ1v) is 9.85. The molecule has 3 aromatic carbocycles. The van der Waals surface area contributed by atoms with Gasteiger partial charge in [0.15, 0.2) is 6.10 Å². The van der Waals surface area contributed by atoms with Crippen LogP contribution in [0, 0.1) is 21.8 Å². The summed E-state index contributed by atoms with van der Waals surface area (Å²) in [4.78, 5) is 44.8. The van der Waals surface area contributed by atoms with Gasteiger partial charge in [-0.25, -0.2) is 14.4 Å². The van der Waals surface area contributed by atoms with E-state index in [1.807, 2.05) is 0 Å². The number of fused-ring (bicyclic) bond motifs is 1. The molecule has 3 atom stereocenters. The molecule has 0 N–H and O–H groups in total. The van der Waals surface area contributed by atoms with E-state index in [0.717, 1.165) is 17.0 Å². The third kappa shape index (κ3) is 3.02. The van der Waals surface area contributed by atoms with Crippen LogP contribution < -0.4 is 9.96 Å². The van der Waals surface area contributed by atoms with Gasteiger partial charge in [0, 0.05) is 6.07 Å². The number of rotatable bonds is 4. The van der Waals surface area contributed by atoms with Crippen molar-refractivity contribution in [2.75, 3.05) is 9.96 Å². The molecule has 0 aliphatic carbocycles. The van der Waals surface area contributed by atoms with Crippen LogP contribution in [0.25, 0.3) is 0 Å². The van der Waals surface area contributed by atoms with Crippen molar-refractivity contribution in [1.29, 1.82) is 0 Å². The summed E-state index contributed by atoms with van der Waals surface area (Å²) in [5.41, 5.74) is 0.852. The molecule has 2 fully saturated rings. The summed E-state index contributed by atoms with van der Waals surface area (Å²) in [5.74, 6) is -2.69. The van der Waals surface area contributed by atoms with Crippen molar-refractivity contribution in [2.45, 2.75) is 12.1 Å². The Morgan fingerprint density at radius 3 is 2.19 bits per heavy atom. The van der Waals surface area contributed by atoms with E-state index in [0.29, 0.717) is 5.69 Å². The Labute approximate surface area is 181 Å². The molecule has 8 nitrogen and oxygen atoms in total. The summed E-state index contributed by atoms with van der Waals surface area (Å²) in [6.07, 6.45) is -1.17. The third-order valence-corrected chi connectivity index (χ3v) is 5.66. The van der Waals surface area contributed by atoms with Crippen LogP contribution in [0.15, 0.2) is 78.9 Å². The SMILES string of the molecule is O=C1[C@H]2[C@H](ON(c3ccccc3)[C@H]2c2ccccc2[N+](=O)[O-])C(=O)N1c1ccc(F)cc1. The average Bonchev–Trinajstić information content (AvgIpc) is 3.31. The fourth-order valence-electron chi connectivity index (χ4n) is 4.28. The first kappa shape index (κ1) is 19.8. The lowest BCUT2D eigenvalue weighted by molar-refractivity contribution is -0.385. The van der Waals surface area contributed by atoms with Crippen LogP contribution in [0.5, 0.6) is 0 Å². The van der Waals surface area contributed by atoms with E-state index in [1.165, 1.54) is 29.3 Å². The summed E-state index contributed by atoms with van der Waals surface area (Å²) >= 11 is 0. The number of para-hydroxylation sites is 2. The van der Waals surface area contributed by atoms with Gasteiger partial charge in [-0.05, 0) is 42.5 Å². The van der Waals surface area contributed by atoms with E-state index in [4.69, 9.17) is 4.84 Å². The van der Waals surface area contributed by atoms with Crippen LogP contribution in [0.4, 0.5) is 21.5 Å². The summed E-state index contributed by atoms with van der Waals surface area (Å²) in [7, 11) is 0. The monoisotopic (exact) mass is 433 g/mol. The molecular weight excluding hydrogens is 417 g/mol. The van der Waals surface area contributed by atoms with Gasteiger partial charge in [-0.15, -0.1) is 0 Å². The molecule has 0 radical (unpaired) electrons. The molecule has 0 spiro atoms. The number of anilines is 2. The first-order valence-electron chi connectivity index (χ1n) is 9.85. The van der Waals surface area contributed by atoms with E-state index in [1.54, 1.807) is 42.5 Å². The molecule has 2 heterocycles. The highest BCUT2D eigenvalue weighted by Crippen LogP contribution is 2.49. The Bertz CT molecular complexity index is 1220. The fourth-order valence-corrected chi connectivity index (χ4v) is 4.28. The summed E-state index contributed by atoms with van der Waals surface area (Å²) in [5, 5.41) is 13.1.